The zero-order chi connectivity index (χ0) is 18.5. The van der Waals surface area contributed by atoms with Crippen LogP contribution in [0.15, 0.2) is 36.4 Å². The van der Waals surface area contributed by atoms with Crippen molar-refractivity contribution in [3.8, 4) is 0 Å². The number of hydrogen-bond donors (Lipinski definition) is 1. The van der Waals surface area contributed by atoms with Gasteiger partial charge in [-0.3, -0.25) is 0 Å². The summed E-state index contributed by atoms with van der Waals surface area (Å²) in [5.41, 5.74) is 1.76. The summed E-state index contributed by atoms with van der Waals surface area (Å²) in [6, 6.07) is 12.1. The number of rotatable bonds is 4. The van der Waals surface area contributed by atoms with Crippen molar-refractivity contribution in [2.24, 2.45) is 5.92 Å². The van der Waals surface area contributed by atoms with E-state index in [-0.39, 0.29) is 5.97 Å². The molecule has 138 valence electrons. The van der Waals surface area contributed by atoms with Crippen LogP contribution in [0, 0.1) is 5.92 Å². The first-order chi connectivity index (χ1) is 12.6. The summed E-state index contributed by atoms with van der Waals surface area (Å²) in [6.45, 7) is 4.17. The zero-order valence-corrected chi connectivity index (χ0v) is 16.8. The third-order valence-electron chi connectivity index (χ3n) is 4.57. The molecular weight excluding hydrogens is 364 g/mol. The molecule has 2 aromatic rings. The minimum atomic E-state index is -0.335. The van der Waals surface area contributed by atoms with E-state index in [2.05, 4.69) is 29.3 Å². The number of thiophene rings is 1. The lowest BCUT2D eigenvalue weighted by Crippen LogP contribution is -2.41. The van der Waals surface area contributed by atoms with Gasteiger partial charge in [0.25, 0.3) is 0 Å². The highest BCUT2D eigenvalue weighted by Crippen LogP contribution is 2.31. The van der Waals surface area contributed by atoms with Crippen molar-refractivity contribution in [3.63, 3.8) is 0 Å². The van der Waals surface area contributed by atoms with Crippen LogP contribution < -0.4 is 5.32 Å². The molecule has 1 N–H and O–H groups in total. The van der Waals surface area contributed by atoms with Crippen LogP contribution in [0.3, 0.4) is 0 Å². The largest absolute Gasteiger partial charge is 0.465 e. The number of piperidine rings is 1. The summed E-state index contributed by atoms with van der Waals surface area (Å²) in [6.07, 6.45) is 3.17. The number of hydrogen-bond acceptors (Lipinski definition) is 4. The van der Waals surface area contributed by atoms with Crippen molar-refractivity contribution in [2.45, 2.75) is 26.2 Å². The molecule has 1 unspecified atom stereocenters. The van der Waals surface area contributed by atoms with Crippen molar-refractivity contribution < 1.29 is 9.53 Å². The SMILES string of the molecule is COC(=O)c1cc(Cc2ccccc2)sc1NC(=S)N1CCCC(C)C1. The molecule has 1 saturated heterocycles. The molecule has 4 nitrogen and oxygen atoms in total. The highest BCUT2D eigenvalue weighted by atomic mass is 32.1. The molecule has 0 radical (unpaired) electrons. The number of carbonyl (C=O) groups is 1. The predicted molar refractivity (Wildman–Crippen MR) is 111 cm³/mol. The molecule has 0 spiro atoms. The fourth-order valence-electron chi connectivity index (χ4n) is 3.23. The summed E-state index contributed by atoms with van der Waals surface area (Å²) in [5.74, 6) is 0.304. The third kappa shape index (κ3) is 4.62. The second-order valence-corrected chi connectivity index (χ2v) is 8.26. The Morgan fingerprint density at radius 1 is 1.38 bits per heavy atom. The van der Waals surface area contributed by atoms with Crippen LogP contribution in [-0.4, -0.2) is 36.2 Å². The summed E-state index contributed by atoms with van der Waals surface area (Å²) >= 11 is 7.16. The van der Waals surface area contributed by atoms with E-state index in [9.17, 15) is 4.79 Å². The molecule has 0 saturated carbocycles. The first-order valence-electron chi connectivity index (χ1n) is 8.87. The van der Waals surface area contributed by atoms with Gasteiger partial charge in [0, 0.05) is 24.4 Å². The molecule has 1 atom stereocenters. The van der Waals surface area contributed by atoms with E-state index in [1.807, 2.05) is 24.3 Å². The number of likely N-dealkylation sites (tertiary alicyclic amines) is 1. The minimum absolute atomic E-state index is 0.335. The Bertz CT molecular complexity index is 773. The van der Waals surface area contributed by atoms with E-state index in [0.717, 1.165) is 35.8 Å². The molecule has 1 aromatic carbocycles. The van der Waals surface area contributed by atoms with Gasteiger partial charge in [0.1, 0.15) is 5.00 Å². The minimum Gasteiger partial charge on any atom is -0.465 e. The molecule has 0 bridgehead atoms. The van der Waals surface area contributed by atoms with E-state index in [0.29, 0.717) is 16.6 Å². The zero-order valence-electron chi connectivity index (χ0n) is 15.2. The topological polar surface area (TPSA) is 41.6 Å². The number of thiocarbonyl (C=S) groups is 1. The van der Waals surface area contributed by atoms with Crippen LogP contribution in [0.2, 0.25) is 0 Å². The van der Waals surface area contributed by atoms with Crippen molar-refractivity contribution in [1.29, 1.82) is 0 Å². The lowest BCUT2D eigenvalue weighted by atomic mass is 10.0. The van der Waals surface area contributed by atoms with Crippen LogP contribution >= 0.6 is 23.6 Å². The Balaban J connectivity index is 1.78. The van der Waals surface area contributed by atoms with Crippen LogP contribution in [0.25, 0.3) is 0 Å². The van der Waals surface area contributed by atoms with Crippen LogP contribution in [0.1, 0.15) is 40.6 Å². The number of carbonyl (C=O) groups excluding carboxylic acids is 1. The number of anilines is 1. The summed E-state index contributed by atoms with van der Waals surface area (Å²) in [5, 5.41) is 4.76. The monoisotopic (exact) mass is 388 g/mol. The quantitative estimate of drug-likeness (QED) is 0.614. The predicted octanol–water partition coefficient (Wildman–Crippen LogP) is 4.55. The number of nitrogens with one attached hydrogen (secondary N) is 1. The van der Waals surface area contributed by atoms with Gasteiger partial charge in [0.2, 0.25) is 0 Å². The van der Waals surface area contributed by atoms with Gasteiger partial charge in [0.15, 0.2) is 5.11 Å². The first-order valence-corrected chi connectivity index (χ1v) is 10.1. The molecule has 1 aliphatic heterocycles. The van der Waals surface area contributed by atoms with Gasteiger partial charge in [-0.2, -0.15) is 0 Å². The van der Waals surface area contributed by atoms with Gasteiger partial charge in [0.05, 0.1) is 12.7 Å². The van der Waals surface area contributed by atoms with E-state index < -0.39 is 0 Å². The maximum absolute atomic E-state index is 12.2. The first kappa shape index (κ1) is 18.9. The van der Waals surface area contributed by atoms with Crippen LogP contribution in [0.5, 0.6) is 0 Å². The van der Waals surface area contributed by atoms with Crippen molar-refractivity contribution in [3.05, 3.63) is 52.4 Å². The number of nitrogens with zero attached hydrogens (tertiary/aromatic N) is 1. The van der Waals surface area contributed by atoms with Crippen molar-refractivity contribution in [2.75, 3.05) is 25.5 Å². The van der Waals surface area contributed by atoms with Gasteiger partial charge >= 0.3 is 5.97 Å². The molecule has 3 rings (SSSR count). The molecule has 2 heterocycles. The molecular formula is C20H24N2O2S2. The Kier molecular flexibility index (Phi) is 6.27. The third-order valence-corrected chi connectivity index (χ3v) is 5.99. The molecule has 6 heteroatoms. The summed E-state index contributed by atoms with van der Waals surface area (Å²) < 4.78 is 4.96. The highest BCUT2D eigenvalue weighted by Gasteiger charge is 2.22. The molecule has 0 amide bonds. The lowest BCUT2D eigenvalue weighted by Gasteiger charge is -2.32. The van der Waals surface area contributed by atoms with E-state index in [4.69, 9.17) is 17.0 Å². The van der Waals surface area contributed by atoms with Gasteiger partial charge in [-0.25, -0.2) is 4.79 Å². The van der Waals surface area contributed by atoms with Crippen LogP contribution in [-0.2, 0) is 11.2 Å². The Labute approximate surface area is 164 Å². The summed E-state index contributed by atoms with van der Waals surface area (Å²) in [7, 11) is 1.41. The second kappa shape index (κ2) is 8.64. The maximum atomic E-state index is 12.2. The van der Waals surface area contributed by atoms with E-state index >= 15 is 0 Å². The standard InChI is InChI=1S/C20H24N2O2S2/c1-14-7-6-10-22(13-14)20(25)21-18-17(19(23)24-2)12-16(26-18)11-15-8-4-3-5-9-15/h3-5,8-9,12,14H,6-7,10-11,13H2,1-2H3,(H,21,25). The number of benzene rings is 1. The van der Waals surface area contributed by atoms with Gasteiger partial charge in [-0.1, -0.05) is 37.3 Å². The summed E-state index contributed by atoms with van der Waals surface area (Å²) in [4.78, 5) is 15.5. The molecule has 1 fully saturated rings. The molecule has 26 heavy (non-hydrogen) atoms. The number of ether oxygens (including phenoxy) is 1. The van der Waals surface area contributed by atoms with E-state index in [1.54, 1.807) is 11.3 Å². The molecule has 1 aliphatic rings. The second-order valence-electron chi connectivity index (χ2n) is 6.73. The fraction of sp³-hybridized carbons (Fsp3) is 0.400. The Hall–Kier alpha value is -1.92. The Morgan fingerprint density at radius 2 is 2.15 bits per heavy atom. The smallest absolute Gasteiger partial charge is 0.340 e. The maximum Gasteiger partial charge on any atom is 0.340 e. The lowest BCUT2D eigenvalue weighted by molar-refractivity contribution is 0.0602. The number of methoxy groups -OCH3 is 1. The fourth-order valence-corrected chi connectivity index (χ4v) is 4.64. The van der Waals surface area contributed by atoms with E-state index in [1.165, 1.54) is 19.1 Å². The van der Waals surface area contributed by atoms with Crippen molar-refractivity contribution >= 4 is 39.6 Å². The molecule has 1 aromatic heterocycles. The highest BCUT2D eigenvalue weighted by molar-refractivity contribution is 7.80. The Morgan fingerprint density at radius 3 is 2.85 bits per heavy atom. The number of esters is 1. The van der Waals surface area contributed by atoms with Crippen molar-refractivity contribution in [1.82, 2.24) is 4.90 Å². The normalized spacial score (nSPS) is 17.0. The average molecular weight is 389 g/mol. The van der Waals surface area contributed by atoms with Gasteiger partial charge in [-0.05, 0) is 42.6 Å². The average Bonchev–Trinajstić information content (AvgIpc) is 3.04. The van der Waals surface area contributed by atoms with Gasteiger partial charge < -0.3 is 15.0 Å². The van der Waals surface area contributed by atoms with Gasteiger partial charge in [-0.15, -0.1) is 11.3 Å². The molecule has 0 aliphatic carbocycles. The van der Waals surface area contributed by atoms with Crippen LogP contribution in [0.4, 0.5) is 5.00 Å².